The molecule has 37 heavy (non-hydrogen) atoms. The molecule has 1 aliphatic rings. The van der Waals surface area contributed by atoms with E-state index in [9.17, 15) is 14.7 Å². The summed E-state index contributed by atoms with van der Waals surface area (Å²) in [5.74, 6) is 0.872. The molecule has 0 saturated heterocycles. The molecule has 0 spiro atoms. The van der Waals surface area contributed by atoms with Gasteiger partial charge in [0.15, 0.2) is 5.76 Å². The van der Waals surface area contributed by atoms with Crippen molar-refractivity contribution in [2.45, 2.75) is 38.2 Å². The molecule has 0 radical (unpaired) electrons. The van der Waals surface area contributed by atoms with Crippen molar-refractivity contribution in [1.82, 2.24) is 5.16 Å². The van der Waals surface area contributed by atoms with Gasteiger partial charge in [-0.05, 0) is 74.2 Å². The normalized spacial score (nSPS) is 14.4. The first-order valence-corrected chi connectivity index (χ1v) is 12.0. The van der Waals surface area contributed by atoms with E-state index in [1.807, 2.05) is 42.5 Å². The topological polar surface area (TPSA) is 111 Å². The summed E-state index contributed by atoms with van der Waals surface area (Å²) >= 11 is 0. The highest BCUT2D eigenvalue weighted by Crippen LogP contribution is 2.48. The molecule has 0 aliphatic heterocycles. The Morgan fingerprint density at radius 2 is 1.59 bits per heavy atom. The summed E-state index contributed by atoms with van der Waals surface area (Å²) in [6.45, 7) is 3.52. The predicted molar refractivity (Wildman–Crippen MR) is 137 cm³/mol. The predicted octanol–water partition coefficient (Wildman–Crippen LogP) is 6.87. The largest absolute Gasteiger partial charge is 0.481 e. The third-order valence-corrected chi connectivity index (χ3v) is 6.57. The fourth-order valence-corrected chi connectivity index (χ4v) is 4.21. The zero-order valence-electron chi connectivity index (χ0n) is 20.4. The number of aliphatic carboxylic acids is 1. The van der Waals surface area contributed by atoms with Crippen molar-refractivity contribution in [2.75, 3.05) is 5.32 Å². The number of rotatable bonds is 8. The third kappa shape index (κ3) is 5.04. The summed E-state index contributed by atoms with van der Waals surface area (Å²) < 4.78 is 16.8. The van der Waals surface area contributed by atoms with Gasteiger partial charge in [-0.25, -0.2) is 4.79 Å². The van der Waals surface area contributed by atoms with E-state index in [1.165, 1.54) is 0 Å². The van der Waals surface area contributed by atoms with E-state index in [0.29, 0.717) is 41.5 Å². The molecule has 1 aromatic heterocycles. The SMILES string of the molecule is Cc1onc(-c2ccc(Oc3ccc(C4(C(=O)O)CC4)cc3)cc2)c1NC(=O)OC(C)c1ccccc1. The summed E-state index contributed by atoms with van der Waals surface area (Å²) in [5, 5.41) is 16.3. The van der Waals surface area contributed by atoms with Crippen molar-refractivity contribution >= 4 is 17.7 Å². The fourth-order valence-electron chi connectivity index (χ4n) is 4.21. The Hall–Kier alpha value is -4.59. The van der Waals surface area contributed by atoms with Crippen molar-refractivity contribution in [1.29, 1.82) is 0 Å². The number of nitrogens with zero attached hydrogens (tertiary/aromatic N) is 1. The van der Waals surface area contributed by atoms with Crippen molar-refractivity contribution in [2.24, 2.45) is 0 Å². The van der Waals surface area contributed by atoms with E-state index >= 15 is 0 Å². The minimum absolute atomic E-state index is 0.422. The zero-order chi connectivity index (χ0) is 26.0. The van der Waals surface area contributed by atoms with Crippen LogP contribution in [0.3, 0.4) is 0 Å². The van der Waals surface area contributed by atoms with Gasteiger partial charge in [-0.15, -0.1) is 0 Å². The number of hydrogen-bond acceptors (Lipinski definition) is 6. The van der Waals surface area contributed by atoms with Crippen LogP contribution in [0.25, 0.3) is 11.3 Å². The lowest BCUT2D eigenvalue weighted by molar-refractivity contribution is -0.140. The Balaban J connectivity index is 1.25. The molecule has 1 heterocycles. The highest BCUT2D eigenvalue weighted by atomic mass is 16.6. The molecule has 1 fully saturated rings. The maximum atomic E-state index is 12.6. The average Bonchev–Trinajstić information content (AvgIpc) is 3.65. The van der Waals surface area contributed by atoms with Gasteiger partial charge in [-0.3, -0.25) is 10.1 Å². The Bertz CT molecular complexity index is 1410. The highest BCUT2D eigenvalue weighted by molar-refractivity contribution is 5.91. The van der Waals surface area contributed by atoms with Gasteiger partial charge in [0, 0.05) is 5.56 Å². The van der Waals surface area contributed by atoms with Gasteiger partial charge in [-0.1, -0.05) is 47.6 Å². The Morgan fingerprint density at radius 1 is 0.973 bits per heavy atom. The molecule has 1 saturated carbocycles. The summed E-state index contributed by atoms with van der Waals surface area (Å²) in [6.07, 6.45) is 0.288. The standard InChI is InChI=1S/C29H26N2O6/c1-18(20-6-4-3-5-7-20)35-28(34)30-25-19(2)37-31-26(25)21-8-12-23(13-9-21)36-24-14-10-22(11-15-24)29(16-17-29)27(32)33/h3-15,18H,16-17H2,1-2H3,(H,30,34)(H,32,33). The smallest absolute Gasteiger partial charge is 0.412 e. The number of ether oxygens (including phenoxy) is 2. The lowest BCUT2D eigenvalue weighted by atomic mass is 9.96. The molecule has 5 rings (SSSR count). The maximum Gasteiger partial charge on any atom is 0.412 e. The Labute approximate surface area is 213 Å². The van der Waals surface area contributed by atoms with E-state index < -0.39 is 23.6 Å². The lowest BCUT2D eigenvalue weighted by Crippen LogP contribution is -2.19. The lowest BCUT2D eigenvalue weighted by Gasteiger charge is -2.14. The number of aromatic nitrogens is 1. The first-order valence-electron chi connectivity index (χ1n) is 12.0. The molecule has 8 heteroatoms. The Morgan fingerprint density at radius 3 is 2.19 bits per heavy atom. The molecule has 0 bridgehead atoms. The number of carbonyl (C=O) groups excluding carboxylic acids is 1. The summed E-state index contributed by atoms with van der Waals surface area (Å²) in [5.41, 5.74) is 2.57. The number of anilines is 1. The summed E-state index contributed by atoms with van der Waals surface area (Å²) in [6, 6.07) is 23.8. The fraction of sp³-hybridized carbons (Fsp3) is 0.207. The van der Waals surface area contributed by atoms with E-state index in [-0.39, 0.29) is 0 Å². The van der Waals surface area contributed by atoms with Crippen LogP contribution in [0.1, 0.15) is 42.8 Å². The number of carboxylic acid groups (broad SMARTS) is 1. The quantitative estimate of drug-likeness (QED) is 0.273. The van der Waals surface area contributed by atoms with Crippen LogP contribution >= 0.6 is 0 Å². The number of nitrogens with one attached hydrogen (secondary N) is 1. The highest BCUT2D eigenvalue weighted by Gasteiger charge is 2.51. The van der Waals surface area contributed by atoms with Gasteiger partial charge >= 0.3 is 12.1 Å². The van der Waals surface area contributed by atoms with Crippen LogP contribution in [0.2, 0.25) is 0 Å². The van der Waals surface area contributed by atoms with Gasteiger partial charge in [0.2, 0.25) is 0 Å². The Kier molecular flexibility index (Phi) is 6.40. The average molecular weight is 499 g/mol. The maximum absolute atomic E-state index is 12.6. The summed E-state index contributed by atoms with van der Waals surface area (Å²) in [7, 11) is 0. The van der Waals surface area contributed by atoms with Crippen molar-refractivity contribution in [3.05, 3.63) is 95.7 Å². The van der Waals surface area contributed by atoms with E-state index in [1.54, 1.807) is 50.2 Å². The van der Waals surface area contributed by atoms with E-state index in [0.717, 1.165) is 16.7 Å². The van der Waals surface area contributed by atoms with Gasteiger partial charge in [0.25, 0.3) is 0 Å². The second kappa shape index (κ2) is 9.81. The molecule has 2 N–H and O–H groups in total. The van der Waals surface area contributed by atoms with Crippen LogP contribution < -0.4 is 10.1 Å². The number of carbonyl (C=O) groups is 2. The van der Waals surface area contributed by atoms with Crippen LogP contribution in [-0.4, -0.2) is 22.3 Å². The molecule has 188 valence electrons. The first kappa shape index (κ1) is 24.1. The molecule has 1 unspecified atom stereocenters. The molecular formula is C29H26N2O6. The van der Waals surface area contributed by atoms with Gasteiger partial charge < -0.3 is 19.1 Å². The third-order valence-electron chi connectivity index (χ3n) is 6.57. The number of amides is 1. The van der Waals surface area contributed by atoms with Crippen LogP contribution in [0.4, 0.5) is 10.5 Å². The number of carboxylic acids is 1. The first-order chi connectivity index (χ1) is 17.9. The van der Waals surface area contributed by atoms with Gasteiger partial charge in [0.05, 0.1) is 5.41 Å². The van der Waals surface area contributed by atoms with Gasteiger partial charge in [-0.2, -0.15) is 0 Å². The van der Waals surface area contributed by atoms with Crippen molar-refractivity contribution in [3.63, 3.8) is 0 Å². The molecule has 3 aromatic carbocycles. The van der Waals surface area contributed by atoms with E-state index in [2.05, 4.69) is 10.5 Å². The van der Waals surface area contributed by atoms with Crippen LogP contribution in [0.15, 0.2) is 83.4 Å². The molecule has 4 aromatic rings. The molecule has 8 nitrogen and oxygen atoms in total. The second-order valence-electron chi connectivity index (χ2n) is 9.08. The minimum Gasteiger partial charge on any atom is -0.481 e. The van der Waals surface area contributed by atoms with Crippen molar-refractivity contribution < 1.29 is 28.7 Å². The minimum atomic E-state index is -0.785. The van der Waals surface area contributed by atoms with Crippen LogP contribution in [0, 0.1) is 6.92 Å². The van der Waals surface area contributed by atoms with Crippen LogP contribution in [0.5, 0.6) is 11.5 Å². The van der Waals surface area contributed by atoms with Gasteiger partial charge in [0.1, 0.15) is 29.0 Å². The zero-order valence-corrected chi connectivity index (χ0v) is 20.4. The molecule has 1 aliphatic carbocycles. The molecule has 1 amide bonds. The monoisotopic (exact) mass is 498 g/mol. The van der Waals surface area contributed by atoms with Crippen LogP contribution in [-0.2, 0) is 14.9 Å². The second-order valence-corrected chi connectivity index (χ2v) is 9.08. The molecular weight excluding hydrogens is 472 g/mol. The number of benzene rings is 3. The molecule has 1 atom stereocenters. The number of aryl methyl sites for hydroxylation is 1. The van der Waals surface area contributed by atoms with Crippen molar-refractivity contribution in [3.8, 4) is 22.8 Å². The summed E-state index contributed by atoms with van der Waals surface area (Å²) in [4.78, 5) is 24.1. The number of hydrogen-bond donors (Lipinski definition) is 2. The van der Waals surface area contributed by atoms with E-state index in [4.69, 9.17) is 14.0 Å².